The van der Waals surface area contributed by atoms with Crippen LogP contribution in [0.5, 0.6) is 0 Å². The number of benzene rings is 1. The summed E-state index contributed by atoms with van der Waals surface area (Å²) in [6.45, 7) is 7.00. The third kappa shape index (κ3) is 5.82. The van der Waals surface area contributed by atoms with Crippen molar-refractivity contribution >= 4 is 17.4 Å². The average Bonchev–Trinajstić information content (AvgIpc) is 2.98. The Kier molecular flexibility index (Phi) is 8.36. The highest BCUT2D eigenvalue weighted by atomic mass is 19.1. The van der Waals surface area contributed by atoms with Crippen molar-refractivity contribution in [2.75, 3.05) is 49.5 Å². The molecular weight excluding hydrogens is 507 g/mol. The number of aliphatic hydroxyl groups excluding tert-OH is 1. The van der Waals surface area contributed by atoms with Gasteiger partial charge in [-0.1, -0.05) is 12.1 Å². The predicted molar refractivity (Wildman–Crippen MR) is 153 cm³/mol. The maximum Gasteiger partial charge on any atom is 0.254 e. The van der Waals surface area contributed by atoms with E-state index in [4.69, 9.17) is 0 Å². The highest BCUT2D eigenvalue weighted by molar-refractivity contribution is 5.97. The maximum absolute atomic E-state index is 13.7. The van der Waals surface area contributed by atoms with Gasteiger partial charge in [0.2, 0.25) is 0 Å². The summed E-state index contributed by atoms with van der Waals surface area (Å²) in [7, 11) is 0. The maximum atomic E-state index is 13.7. The van der Waals surface area contributed by atoms with E-state index in [1.807, 2.05) is 17.9 Å². The van der Waals surface area contributed by atoms with Crippen molar-refractivity contribution in [3.8, 4) is 6.07 Å². The molecule has 1 aromatic carbocycles. The number of rotatable bonds is 6. The largest absolute Gasteiger partial charge is 0.394 e. The van der Waals surface area contributed by atoms with Crippen LogP contribution < -0.4 is 10.2 Å². The van der Waals surface area contributed by atoms with E-state index < -0.39 is 5.82 Å². The summed E-state index contributed by atoms with van der Waals surface area (Å²) in [5, 5.41) is 23.3. The van der Waals surface area contributed by atoms with Crippen molar-refractivity contribution in [3.05, 3.63) is 76.4 Å². The van der Waals surface area contributed by atoms with E-state index in [-0.39, 0.29) is 24.6 Å². The Labute approximate surface area is 235 Å². The van der Waals surface area contributed by atoms with E-state index in [1.54, 1.807) is 11.0 Å². The number of hydrogen-bond donors (Lipinski definition) is 2. The molecule has 2 saturated heterocycles. The highest BCUT2D eigenvalue weighted by Crippen LogP contribution is 2.29. The zero-order chi connectivity index (χ0) is 28.2. The quantitative estimate of drug-likeness (QED) is 0.564. The predicted octanol–water partition coefficient (Wildman–Crippen LogP) is 4.16. The molecule has 2 aromatic rings. The number of nitrogens with zero attached hydrogens (tertiary/aromatic N) is 5. The number of piperazine rings is 1. The molecule has 40 heavy (non-hydrogen) atoms. The number of hydrogen-bond acceptors (Lipinski definition) is 7. The van der Waals surface area contributed by atoms with Crippen molar-refractivity contribution in [2.45, 2.75) is 51.6 Å². The normalized spacial score (nSPS) is 20.1. The zero-order valence-electron chi connectivity index (χ0n) is 23.2. The Morgan fingerprint density at radius 3 is 2.67 bits per heavy atom. The molecule has 1 aromatic heterocycles. The van der Waals surface area contributed by atoms with Gasteiger partial charge in [0, 0.05) is 50.0 Å². The van der Waals surface area contributed by atoms with E-state index in [2.05, 4.69) is 46.4 Å². The number of carbonyl (C=O) groups excluding carboxylic acids is 1. The molecule has 2 N–H and O–H groups in total. The second-order valence-electron chi connectivity index (χ2n) is 10.9. The molecule has 1 atom stereocenters. The molecule has 3 aliphatic rings. The van der Waals surface area contributed by atoms with Crippen LogP contribution >= 0.6 is 0 Å². The fourth-order valence-corrected chi connectivity index (χ4v) is 5.99. The van der Waals surface area contributed by atoms with Crippen molar-refractivity contribution < 1.29 is 14.3 Å². The number of amides is 1. The molecule has 0 spiro atoms. The first-order valence-electron chi connectivity index (χ1n) is 14.1. The molecule has 2 fully saturated rings. The first-order chi connectivity index (χ1) is 19.4. The topological polar surface area (TPSA) is 95.7 Å². The van der Waals surface area contributed by atoms with Crippen molar-refractivity contribution in [1.29, 1.82) is 5.26 Å². The Balaban J connectivity index is 1.25. The minimum Gasteiger partial charge on any atom is -0.394 e. The standard InChI is InChI=1S/C31H37FN6O2/c1-21-15-22(2)28(35-25-9-11-36(12-10-25)29-6-4-3-5-23(29)17-33)16-27(21)31(40)37-13-14-38(26(19-37)20-39)30-8-7-24(32)18-34-30/h4,6-8,15-16,18,25-26,35,39H,3,5,9-14,19-20H2,1-2H3. The Hall–Kier alpha value is -3.90. The highest BCUT2D eigenvalue weighted by Gasteiger charge is 2.31. The number of nitriles is 1. The van der Waals surface area contributed by atoms with Crippen molar-refractivity contribution in [3.63, 3.8) is 0 Å². The SMILES string of the molecule is Cc1cc(C)c(C(=O)N2CCN(c3ccc(F)cn3)C(CO)C2)cc1NC1CCN(C2=C(C#N)CCC=C2)CC1. The van der Waals surface area contributed by atoms with Gasteiger partial charge in [0.25, 0.3) is 5.91 Å². The van der Waals surface area contributed by atoms with Crippen LogP contribution in [0, 0.1) is 31.0 Å². The summed E-state index contributed by atoms with van der Waals surface area (Å²) >= 11 is 0. The van der Waals surface area contributed by atoms with Crippen LogP contribution in [0.4, 0.5) is 15.9 Å². The average molecular weight is 545 g/mol. The lowest BCUT2D eigenvalue weighted by atomic mass is 9.97. The molecular formula is C31H37FN6O2. The summed E-state index contributed by atoms with van der Waals surface area (Å²) in [5.41, 5.74) is 5.60. The van der Waals surface area contributed by atoms with Crippen LogP contribution in [0.15, 0.2) is 53.9 Å². The molecule has 3 heterocycles. The van der Waals surface area contributed by atoms with Gasteiger partial charge in [-0.2, -0.15) is 5.26 Å². The summed E-state index contributed by atoms with van der Waals surface area (Å²) in [6.07, 6.45) is 9.06. The van der Waals surface area contributed by atoms with Crippen LogP contribution in [0.1, 0.15) is 47.2 Å². The van der Waals surface area contributed by atoms with E-state index in [1.165, 1.54) is 12.3 Å². The lowest BCUT2D eigenvalue weighted by molar-refractivity contribution is 0.0698. The van der Waals surface area contributed by atoms with Crippen molar-refractivity contribution in [2.24, 2.45) is 0 Å². The summed E-state index contributed by atoms with van der Waals surface area (Å²) < 4.78 is 13.4. The number of pyridine rings is 1. The second-order valence-corrected chi connectivity index (χ2v) is 10.9. The number of nitrogens with one attached hydrogen (secondary N) is 1. The number of anilines is 2. The van der Waals surface area contributed by atoms with Gasteiger partial charge in [0.05, 0.1) is 36.2 Å². The van der Waals surface area contributed by atoms with Gasteiger partial charge in [-0.25, -0.2) is 9.37 Å². The van der Waals surface area contributed by atoms with Crippen LogP contribution in [0.3, 0.4) is 0 Å². The van der Waals surface area contributed by atoms with Crippen LogP contribution in [0.2, 0.25) is 0 Å². The summed E-state index contributed by atoms with van der Waals surface area (Å²) in [6, 6.07) is 9.34. The monoisotopic (exact) mass is 544 g/mol. The van der Waals surface area contributed by atoms with Gasteiger partial charge in [0.15, 0.2) is 0 Å². The number of aliphatic hydroxyl groups is 1. The molecule has 5 rings (SSSR count). The number of carbonyl (C=O) groups is 1. The Bertz CT molecular complexity index is 1340. The third-order valence-corrected chi connectivity index (χ3v) is 8.26. The van der Waals surface area contributed by atoms with Gasteiger partial charge < -0.3 is 25.1 Å². The molecule has 8 nitrogen and oxygen atoms in total. The van der Waals surface area contributed by atoms with E-state index in [0.29, 0.717) is 31.0 Å². The smallest absolute Gasteiger partial charge is 0.254 e. The molecule has 2 aliphatic heterocycles. The van der Waals surface area contributed by atoms with Crippen LogP contribution in [-0.4, -0.2) is 77.2 Å². The molecule has 0 radical (unpaired) electrons. The molecule has 1 unspecified atom stereocenters. The fourth-order valence-electron chi connectivity index (χ4n) is 5.99. The Morgan fingerprint density at radius 1 is 1.18 bits per heavy atom. The number of piperidine rings is 1. The lowest BCUT2D eigenvalue weighted by Gasteiger charge is -2.41. The first kappa shape index (κ1) is 27.7. The summed E-state index contributed by atoms with van der Waals surface area (Å²) in [5.74, 6) is 0.131. The molecule has 210 valence electrons. The molecule has 1 amide bonds. The van der Waals surface area contributed by atoms with Gasteiger partial charge in [-0.3, -0.25) is 4.79 Å². The van der Waals surface area contributed by atoms with Gasteiger partial charge in [-0.05, 0) is 74.9 Å². The minimum atomic E-state index is -0.408. The van der Waals surface area contributed by atoms with E-state index >= 15 is 0 Å². The lowest BCUT2D eigenvalue weighted by Crippen LogP contribution is -2.56. The van der Waals surface area contributed by atoms with Crippen molar-refractivity contribution in [1.82, 2.24) is 14.8 Å². The van der Waals surface area contributed by atoms with E-state index in [9.17, 15) is 19.6 Å². The number of likely N-dealkylation sites (tertiary alicyclic amines) is 1. The molecule has 9 heteroatoms. The van der Waals surface area contributed by atoms with Gasteiger partial charge in [-0.15, -0.1) is 0 Å². The Morgan fingerprint density at radius 2 is 1.98 bits per heavy atom. The molecule has 0 saturated carbocycles. The van der Waals surface area contributed by atoms with Gasteiger partial charge >= 0.3 is 0 Å². The first-order valence-corrected chi connectivity index (χ1v) is 14.1. The van der Waals surface area contributed by atoms with E-state index in [0.717, 1.165) is 66.9 Å². The number of aromatic nitrogens is 1. The van der Waals surface area contributed by atoms with Gasteiger partial charge in [0.1, 0.15) is 11.6 Å². The van der Waals surface area contributed by atoms with Crippen LogP contribution in [0.25, 0.3) is 0 Å². The fraction of sp³-hybridized carbons (Fsp3) is 0.452. The third-order valence-electron chi connectivity index (χ3n) is 8.26. The summed E-state index contributed by atoms with van der Waals surface area (Å²) in [4.78, 5) is 23.9. The minimum absolute atomic E-state index is 0.0550. The second kappa shape index (κ2) is 12.1. The molecule has 0 bridgehead atoms. The molecule has 1 aliphatic carbocycles. The number of halogens is 1. The number of aryl methyl sites for hydroxylation is 2. The van der Waals surface area contributed by atoms with Crippen LogP contribution in [-0.2, 0) is 0 Å². The zero-order valence-corrected chi connectivity index (χ0v) is 23.2. The number of allylic oxidation sites excluding steroid dienone is 3.